The van der Waals surface area contributed by atoms with Crippen LogP contribution in [0.5, 0.6) is 0 Å². The summed E-state index contributed by atoms with van der Waals surface area (Å²) in [6.45, 7) is 3.40. The Hall–Kier alpha value is -0.610. The van der Waals surface area contributed by atoms with Gasteiger partial charge in [0.05, 0.1) is 6.04 Å². The standard InChI is InChI=1S/C8H17N3O/c1-6(9)5-11-8(12)7-3-2-4-10-7/h6-7,10H,2-5,9H2,1H3,(H,11,12). The molecule has 2 unspecified atom stereocenters. The second-order valence-electron chi connectivity index (χ2n) is 3.37. The van der Waals surface area contributed by atoms with Gasteiger partial charge < -0.3 is 16.4 Å². The predicted octanol–water partition coefficient (Wildman–Crippen LogP) is -0.798. The highest BCUT2D eigenvalue weighted by Gasteiger charge is 2.21. The van der Waals surface area contributed by atoms with Crippen molar-refractivity contribution in [3.05, 3.63) is 0 Å². The van der Waals surface area contributed by atoms with Gasteiger partial charge in [-0.3, -0.25) is 4.79 Å². The molecular formula is C8H17N3O. The van der Waals surface area contributed by atoms with Gasteiger partial charge in [0.1, 0.15) is 0 Å². The number of carbonyl (C=O) groups excluding carboxylic acids is 1. The van der Waals surface area contributed by atoms with Crippen molar-refractivity contribution < 1.29 is 4.79 Å². The van der Waals surface area contributed by atoms with E-state index in [0.29, 0.717) is 6.54 Å². The third-order valence-corrected chi connectivity index (χ3v) is 1.98. The predicted molar refractivity (Wildman–Crippen MR) is 47.7 cm³/mol. The zero-order valence-electron chi connectivity index (χ0n) is 7.47. The average Bonchev–Trinajstić information content (AvgIpc) is 2.51. The summed E-state index contributed by atoms with van der Waals surface area (Å²) in [7, 11) is 0. The second-order valence-corrected chi connectivity index (χ2v) is 3.37. The highest BCUT2D eigenvalue weighted by molar-refractivity contribution is 5.81. The molecule has 12 heavy (non-hydrogen) atoms. The van der Waals surface area contributed by atoms with Crippen molar-refractivity contribution in [3.63, 3.8) is 0 Å². The average molecular weight is 171 g/mol. The van der Waals surface area contributed by atoms with Crippen LogP contribution in [0.4, 0.5) is 0 Å². The molecule has 4 nitrogen and oxygen atoms in total. The minimum atomic E-state index is 0.0174. The summed E-state index contributed by atoms with van der Waals surface area (Å²) in [6.07, 6.45) is 2.04. The summed E-state index contributed by atoms with van der Waals surface area (Å²) in [5.74, 6) is 0.0878. The van der Waals surface area contributed by atoms with Crippen LogP contribution < -0.4 is 16.4 Å². The maximum absolute atomic E-state index is 11.3. The lowest BCUT2D eigenvalue weighted by atomic mass is 10.2. The Morgan fingerprint density at radius 3 is 3.08 bits per heavy atom. The van der Waals surface area contributed by atoms with Crippen molar-refractivity contribution in [1.29, 1.82) is 0 Å². The summed E-state index contributed by atoms with van der Waals surface area (Å²) in [6, 6.07) is 0.0547. The summed E-state index contributed by atoms with van der Waals surface area (Å²) in [5.41, 5.74) is 5.50. The largest absolute Gasteiger partial charge is 0.353 e. The Balaban J connectivity index is 2.18. The summed E-state index contributed by atoms with van der Waals surface area (Å²) in [5, 5.41) is 5.92. The Morgan fingerprint density at radius 1 is 1.83 bits per heavy atom. The van der Waals surface area contributed by atoms with Crippen molar-refractivity contribution >= 4 is 5.91 Å². The molecule has 1 rings (SSSR count). The van der Waals surface area contributed by atoms with Crippen molar-refractivity contribution in [1.82, 2.24) is 10.6 Å². The Labute approximate surface area is 72.9 Å². The number of nitrogens with two attached hydrogens (primary N) is 1. The van der Waals surface area contributed by atoms with E-state index in [4.69, 9.17) is 5.73 Å². The van der Waals surface area contributed by atoms with Crippen molar-refractivity contribution in [2.24, 2.45) is 5.73 Å². The first-order chi connectivity index (χ1) is 5.70. The molecule has 0 aliphatic carbocycles. The molecule has 70 valence electrons. The third-order valence-electron chi connectivity index (χ3n) is 1.98. The van der Waals surface area contributed by atoms with Crippen LogP contribution in [0.15, 0.2) is 0 Å². The molecule has 2 atom stereocenters. The number of carbonyl (C=O) groups is 1. The lowest BCUT2D eigenvalue weighted by Gasteiger charge is -2.12. The molecule has 1 heterocycles. The molecule has 4 heteroatoms. The molecule has 0 bridgehead atoms. The molecule has 1 aliphatic heterocycles. The Bertz CT molecular complexity index is 152. The zero-order valence-corrected chi connectivity index (χ0v) is 7.47. The molecule has 1 aliphatic rings. The maximum atomic E-state index is 11.3. The van der Waals surface area contributed by atoms with Gasteiger partial charge in [0.25, 0.3) is 0 Å². The van der Waals surface area contributed by atoms with E-state index in [0.717, 1.165) is 19.4 Å². The van der Waals surface area contributed by atoms with E-state index >= 15 is 0 Å². The topological polar surface area (TPSA) is 67.1 Å². The van der Waals surface area contributed by atoms with Crippen LogP contribution in [0.2, 0.25) is 0 Å². The number of hydrogen-bond donors (Lipinski definition) is 3. The minimum absolute atomic E-state index is 0.0174. The first-order valence-corrected chi connectivity index (χ1v) is 4.47. The van der Waals surface area contributed by atoms with Gasteiger partial charge in [-0.15, -0.1) is 0 Å². The molecule has 0 aromatic carbocycles. The van der Waals surface area contributed by atoms with Crippen molar-refractivity contribution in [2.75, 3.05) is 13.1 Å². The van der Waals surface area contributed by atoms with E-state index < -0.39 is 0 Å². The van der Waals surface area contributed by atoms with E-state index in [1.54, 1.807) is 0 Å². The van der Waals surface area contributed by atoms with Gasteiger partial charge >= 0.3 is 0 Å². The molecule has 1 fully saturated rings. The Morgan fingerprint density at radius 2 is 2.58 bits per heavy atom. The fourth-order valence-corrected chi connectivity index (χ4v) is 1.29. The smallest absolute Gasteiger partial charge is 0.237 e. The minimum Gasteiger partial charge on any atom is -0.353 e. The first kappa shape index (κ1) is 9.48. The summed E-state index contributed by atoms with van der Waals surface area (Å²) < 4.78 is 0. The first-order valence-electron chi connectivity index (χ1n) is 4.47. The normalized spacial score (nSPS) is 25.3. The highest BCUT2D eigenvalue weighted by atomic mass is 16.2. The SMILES string of the molecule is CC(N)CNC(=O)C1CCCN1. The molecule has 1 amide bonds. The number of hydrogen-bond acceptors (Lipinski definition) is 3. The monoisotopic (exact) mass is 171 g/mol. The fraction of sp³-hybridized carbons (Fsp3) is 0.875. The molecule has 0 radical (unpaired) electrons. The van der Waals surface area contributed by atoms with Crippen LogP contribution in [-0.2, 0) is 4.79 Å². The van der Waals surface area contributed by atoms with Crippen LogP contribution in [0.3, 0.4) is 0 Å². The van der Waals surface area contributed by atoms with Gasteiger partial charge in [-0.25, -0.2) is 0 Å². The molecular weight excluding hydrogens is 154 g/mol. The lowest BCUT2D eigenvalue weighted by Crippen LogP contribution is -2.44. The summed E-state index contributed by atoms with van der Waals surface area (Å²) in [4.78, 5) is 11.3. The van der Waals surface area contributed by atoms with Crippen LogP contribution in [-0.4, -0.2) is 31.1 Å². The van der Waals surface area contributed by atoms with Crippen LogP contribution >= 0.6 is 0 Å². The van der Waals surface area contributed by atoms with Crippen LogP contribution in [0.1, 0.15) is 19.8 Å². The van der Waals surface area contributed by atoms with Gasteiger partial charge in [-0.1, -0.05) is 0 Å². The van der Waals surface area contributed by atoms with E-state index in [1.165, 1.54) is 0 Å². The highest BCUT2D eigenvalue weighted by Crippen LogP contribution is 2.03. The van der Waals surface area contributed by atoms with Crippen LogP contribution in [0.25, 0.3) is 0 Å². The molecule has 0 aromatic heterocycles. The van der Waals surface area contributed by atoms with E-state index in [-0.39, 0.29) is 18.0 Å². The van der Waals surface area contributed by atoms with Gasteiger partial charge in [0.2, 0.25) is 5.91 Å². The fourth-order valence-electron chi connectivity index (χ4n) is 1.29. The summed E-state index contributed by atoms with van der Waals surface area (Å²) >= 11 is 0. The van der Waals surface area contributed by atoms with E-state index in [9.17, 15) is 4.79 Å². The molecule has 0 saturated carbocycles. The number of rotatable bonds is 3. The number of nitrogens with one attached hydrogen (secondary N) is 2. The number of amides is 1. The van der Waals surface area contributed by atoms with Gasteiger partial charge in [0.15, 0.2) is 0 Å². The Kier molecular flexibility index (Phi) is 3.49. The van der Waals surface area contributed by atoms with E-state index in [2.05, 4.69) is 10.6 Å². The van der Waals surface area contributed by atoms with Gasteiger partial charge in [-0.2, -0.15) is 0 Å². The van der Waals surface area contributed by atoms with E-state index in [1.807, 2.05) is 6.92 Å². The molecule has 0 aromatic rings. The van der Waals surface area contributed by atoms with Gasteiger partial charge in [-0.05, 0) is 26.3 Å². The van der Waals surface area contributed by atoms with Gasteiger partial charge in [0, 0.05) is 12.6 Å². The van der Waals surface area contributed by atoms with Crippen molar-refractivity contribution in [3.8, 4) is 0 Å². The molecule has 4 N–H and O–H groups in total. The third kappa shape index (κ3) is 2.79. The molecule has 1 saturated heterocycles. The quantitative estimate of drug-likeness (QED) is 0.521. The van der Waals surface area contributed by atoms with Crippen LogP contribution in [0, 0.1) is 0 Å². The lowest BCUT2D eigenvalue weighted by molar-refractivity contribution is -0.122. The zero-order chi connectivity index (χ0) is 8.97. The van der Waals surface area contributed by atoms with Crippen molar-refractivity contribution in [2.45, 2.75) is 31.8 Å². The molecule has 0 spiro atoms. The second kappa shape index (κ2) is 4.42. The maximum Gasteiger partial charge on any atom is 0.237 e.